The molecule has 76 valence electrons. The average molecular weight is 199 g/mol. The summed E-state index contributed by atoms with van der Waals surface area (Å²) in [5.41, 5.74) is 8.59. The van der Waals surface area contributed by atoms with Crippen LogP contribution in [0.1, 0.15) is 5.56 Å². The fraction of sp³-hybridized carbons (Fsp3) is 0.0833. The molecule has 3 heteroatoms. The summed E-state index contributed by atoms with van der Waals surface area (Å²) in [4.78, 5) is 3.93. The van der Waals surface area contributed by atoms with Gasteiger partial charge in [-0.2, -0.15) is 0 Å². The molecule has 1 heterocycles. The highest BCUT2D eigenvalue weighted by atomic mass is 14.9. The van der Waals surface area contributed by atoms with Crippen molar-refractivity contribution >= 4 is 11.4 Å². The number of nitrogens with one attached hydrogen (secondary N) is 1. The van der Waals surface area contributed by atoms with Gasteiger partial charge in [0.25, 0.3) is 0 Å². The smallest absolute Gasteiger partial charge is 0.0736 e. The lowest BCUT2D eigenvalue weighted by Crippen LogP contribution is -2.02. The second-order valence-corrected chi connectivity index (χ2v) is 3.30. The van der Waals surface area contributed by atoms with Gasteiger partial charge in [0, 0.05) is 12.7 Å². The lowest BCUT2D eigenvalue weighted by atomic mass is 10.2. The molecule has 1 aromatic heterocycles. The molecule has 1 aromatic carbocycles. The van der Waals surface area contributed by atoms with E-state index in [4.69, 9.17) is 5.73 Å². The number of nitrogen functional groups attached to an aromatic ring is 1. The first-order valence-electron chi connectivity index (χ1n) is 4.83. The molecule has 0 aliphatic rings. The Balaban J connectivity index is 2.03. The minimum Gasteiger partial charge on any atom is -0.396 e. The van der Waals surface area contributed by atoms with Crippen LogP contribution in [0, 0.1) is 0 Å². The zero-order valence-corrected chi connectivity index (χ0v) is 8.35. The van der Waals surface area contributed by atoms with Crippen molar-refractivity contribution < 1.29 is 0 Å². The van der Waals surface area contributed by atoms with Crippen LogP contribution in [-0.4, -0.2) is 4.98 Å². The molecule has 0 atom stereocenters. The Hall–Kier alpha value is -2.03. The third-order valence-electron chi connectivity index (χ3n) is 2.18. The van der Waals surface area contributed by atoms with Crippen LogP contribution in [0.5, 0.6) is 0 Å². The van der Waals surface area contributed by atoms with E-state index in [9.17, 15) is 0 Å². The minimum atomic E-state index is 0.674. The molecule has 0 radical (unpaired) electrons. The number of hydrogen-bond acceptors (Lipinski definition) is 3. The molecule has 0 amide bonds. The summed E-state index contributed by atoms with van der Waals surface area (Å²) in [6.07, 6.45) is 3.37. The zero-order valence-electron chi connectivity index (χ0n) is 8.35. The van der Waals surface area contributed by atoms with Gasteiger partial charge in [0.15, 0.2) is 0 Å². The van der Waals surface area contributed by atoms with Crippen molar-refractivity contribution in [2.24, 2.45) is 0 Å². The van der Waals surface area contributed by atoms with E-state index in [1.54, 1.807) is 12.4 Å². The van der Waals surface area contributed by atoms with E-state index in [1.165, 1.54) is 5.56 Å². The van der Waals surface area contributed by atoms with Crippen LogP contribution in [-0.2, 0) is 6.54 Å². The maximum Gasteiger partial charge on any atom is 0.0736 e. The molecule has 3 N–H and O–H groups in total. The molecular weight excluding hydrogens is 186 g/mol. The average Bonchev–Trinajstić information content (AvgIpc) is 2.29. The van der Waals surface area contributed by atoms with Crippen molar-refractivity contribution in [2.45, 2.75) is 6.54 Å². The monoisotopic (exact) mass is 199 g/mol. The highest BCUT2D eigenvalue weighted by Crippen LogP contribution is 2.16. The van der Waals surface area contributed by atoms with Gasteiger partial charge in [0.1, 0.15) is 0 Å². The molecule has 0 fully saturated rings. The molecule has 0 aliphatic heterocycles. The summed E-state index contributed by atoms with van der Waals surface area (Å²) in [6, 6.07) is 12.1. The second-order valence-electron chi connectivity index (χ2n) is 3.30. The number of pyridine rings is 1. The van der Waals surface area contributed by atoms with Crippen molar-refractivity contribution in [3.05, 3.63) is 54.4 Å². The first-order valence-corrected chi connectivity index (χ1v) is 4.83. The van der Waals surface area contributed by atoms with Crippen molar-refractivity contribution in [1.82, 2.24) is 4.98 Å². The summed E-state index contributed by atoms with van der Waals surface area (Å²) < 4.78 is 0. The Morgan fingerprint density at radius 1 is 1.13 bits per heavy atom. The van der Waals surface area contributed by atoms with Crippen LogP contribution in [0.4, 0.5) is 11.4 Å². The highest BCUT2D eigenvalue weighted by Gasteiger charge is 1.96. The van der Waals surface area contributed by atoms with Crippen LogP contribution in [0.2, 0.25) is 0 Å². The van der Waals surface area contributed by atoms with Crippen LogP contribution in [0.25, 0.3) is 0 Å². The predicted molar refractivity (Wildman–Crippen MR) is 62.4 cm³/mol. The minimum absolute atomic E-state index is 0.674. The number of nitrogens with two attached hydrogens (primary N) is 1. The highest BCUT2D eigenvalue weighted by molar-refractivity contribution is 5.64. The quantitative estimate of drug-likeness (QED) is 0.797. The molecule has 0 saturated carbocycles. The van der Waals surface area contributed by atoms with Crippen molar-refractivity contribution in [3.63, 3.8) is 0 Å². The van der Waals surface area contributed by atoms with Gasteiger partial charge in [-0.3, -0.25) is 4.98 Å². The van der Waals surface area contributed by atoms with Crippen LogP contribution < -0.4 is 11.1 Å². The van der Waals surface area contributed by atoms with Gasteiger partial charge in [0.05, 0.1) is 17.6 Å². The van der Waals surface area contributed by atoms with Crippen molar-refractivity contribution in [3.8, 4) is 0 Å². The summed E-state index contributed by atoms with van der Waals surface area (Å²) >= 11 is 0. The number of benzene rings is 1. The molecule has 0 spiro atoms. The third-order valence-corrected chi connectivity index (χ3v) is 2.18. The number of nitrogens with zero attached hydrogens (tertiary/aromatic N) is 1. The first kappa shape index (κ1) is 9.52. The van der Waals surface area contributed by atoms with Crippen LogP contribution >= 0.6 is 0 Å². The van der Waals surface area contributed by atoms with Gasteiger partial charge in [-0.25, -0.2) is 0 Å². The van der Waals surface area contributed by atoms with Gasteiger partial charge in [-0.1, -0.05) is 30.3 Å². The molecule has 2 aromatic rings. The molecule has 0 bridgehead atoms. The second kappa shape index (κ2) is 4.46. The zero-order chi connectivity index (χ0) is 10.5. The Labute approximate surface area is 89.0 Å². The SMILES string of the molecule is Nc1cnccc1NCc1ccccc1. The summed E-state index contributed by atoms with van der Waals surface area (Å²) in [7, 11) is 0. The molecular formula is C12H13N3. The van der Waals surface area contributed by atoms with E-state index in [1.807, 2.05) is 24.3 Å². The predicted octanol–water partition coefficient (Wildman–Crippen LogP) is 2.28. The van der Waals surface area contributed by atoms with Gasteiger partial charge in [-0.15, -0.1) is 0 Å². The Bertz CT molecular complexity index is 426. The standard InChI is InChI=1S/C12H13N3/c13-11-9-14-7-6-12(11)15-8-10-4-2-1-3-5-10/h1-7,9H,8,13H2,(H,14,15). The van der Waals surface area contributed by atoms with Gasteiger partial charge < -0.3 is 11.1 Å². The Morgan fingerprint density at radius 2 is 1.93 bits per heavy atom. The Morgan fingerprint density at radius 3 is 2.67 bits per heavy atom. The van der Waals surface area contributed by atoms with Crippen molar-refractivity contribution in [1.29, 1.82) is 0 Å². The van der Waals surface area contributed by atoms with E-state index in [2.05, 4.69) is 22.4 Å². The lowest BCUT2D eigenvalue weighted by Gasteiger charge is -2.08. The van der Waals surface area contributed by atoms with E-state index < -0.39 is 0 Å². The first-order chi connectivity index (χ1) is 7.36. The van der Waals surface area contributed by atoms with Crippen LogP contribution in [0.15, 0.2) is 48.8 Å². The summed E-state index contributed by atoms with van der Waals surface area (Å²) in [5.74, 6) is 0. The molecule has 2 rings (SSSR count). The topological polar surface area (TPSA) is 50.9 Å². The summed E-state index contributed by atoms with van der Waals surface area (Å²) in [6.45, 7) is 0.773. The normalized spacial score (nSPS) is 9.87. The molecule has 3 nitrogen and oxygen atoms in total. The number of hydrogen-bond donors (Lipinski definition) is 2. The summed E-state index contributed by atoms with van der Waals surface area (Å²) in [5, 5.41) is 3.26. The van der Waals surface area contributed by atoms with Gasteiger partial charge in [-0.05, 0) is 11.6 Å². The van der Waals surface area contributed by atoms with E-state index in [0.717, 1.165) is 12.2 Å². The molecule has 0 unspecified atom stereocenters. The van der Waals surface area contributed by atoms with Gasteiger partial charge >= 0.3 is 0 Å². The fourth-order valence-corrected chi connectivity index (χ4v) is 1.36. The van der Waals surface area contributed by atoms with E-state index in [0.29, 0.717) is 5.69 Å². The fourth-order valence-electron chi connectivity index (χ4n) is 1.36. The van der Waals surface area contributed by atoms with E-state index >= 15 is 0 Å². The van der Waals surface area contributed by atoms with Crippen molar-refractivity contribution in [2.75, 3.05) is 11.1 Å². The van der Waals surface area contributed by atoms with Crippen LogP contribution in [0.3, 0.4) is 0 Å². The van der Waals surface area contributed by atoms with Gasteiger partial charge in [0.2, 0.25) is 0 Å². The number of aromatic nitrogens is 1. The lowest BCUT2D eigenvalue weighted by molar-refractivity contribution is 1.14. The molecule has 15 heavy (non-hydrogen) atoms. The maximum absolute atomic E-state index is 5.76. The van der Waals surface area contributed by atoms with E-state index in [-0.39, 0.29) is 0 Å². The molecule has 0 aliphatic carbocycles. The molecule has 0 saturated heterocycles. The maximum atomic E-state index is 5.76. The largest absolute Gasteiger partial charge is 0.396 e. The number of rotatable bonds is 3. The Kier molecular flexibility index (Phi) is 2.83. The third kappa shape index (κ3) is 2.47. The number of anilines is 2.